The van der Waals surface area contributed by atoms with Crippen LogP contribution in [0, 0.1) is 6.92 Å². The molecule has 0 bridgehead atoms. The van der Waals surface area contributed by atoms with Gasteiger partial charge >= 0.3 is 0 Å². The van der Waals surface area contributed by atoms with E-state index in [1.165, 1.54) is 21.1 Å². The summed E-state index contributed by atoms with van der Waals surface area (Å²) in [5.74, 6) is 0.524. The maximum atomic E-state index is 12.7. The van der Waals surface area contributed by atoms with Gasteiger partial charge in [0.25, 0.3) is 0 Å². The summed E-state index contributed by atoms with van der Waals surface area (Å²) in [4.78, 5) is 12.7. The third-order valence-electron chi connectivity index (χ3n) is 4.03. The second-order valence-electron chi connectivity index (χ2n) is 6.13. The summed E-state index contributed by atoms with van der Waals surface area (Å²) in [7, 11) is -0.651. The highest BCUT2D eigenvalue weighted by atomic mass is 32.2. The van der Waals surface area contributed by atoms with Gasteiger partial charge in [-0.25, -0.2) is 8.42 Å². The number of rotatable bonds is 7. The Bertz CT molecular complexity index is 910. The van der Waals surface area contributed by atoms with Crippen LogP contribution in [-0.2, 0) is 14.8 Å². The van der Waals surface area contributed by atoms with E-state index < -0.39 is 22.0 Å². The topological polar surface area (TPSA) is 84.9 Å². The number of anilines is 2. The van der Waals surface area contributed by atoms with Gasteiger partial charge in [-0.15, -0.1) is 0 Å². The van der Waals surface area contributed by atoms with Crippen molar-refractivity contribution >= 4 is 27.3 Å². The third-order valence-corrected chi connectivity index (χ3v) is 5.27. The number of nitrogens with one attached hydrogen (secondary N) is 1. The van der Waals surface area contributed by atoms with Crippen LogP contribution in [0.2, 0.25) is 0 Å². The summed E-state index contributed by atoms with van der Waals surface area (Å²) >= 11 is 0. The smallest absolute Gasteiger partial charge is 0.247 e. The van der Waals surface area contributed by atoms with Crippen LogP contribution in [0.1, 0.15) is 12.5 Å². The summed E-state index contributed by atoms with van der Waals surface area (Å²) < 4.78 is 36.1. The second-order valence-corrected chi connectivity index (χ2v) is 7.99. The van der Waals surface area contributed by atoms with Gasteiger partial charge in [0.05, 0.1) is 26.2 Å². The molecule has 0 aliphatic carbocycles. The first kappa shape index (κ1) is 20.6. The van der Waals surface area contributed by atoms with Crippen molar-refractivity contribution in [3.8, 4) is 11.5 Å². The quantitative estimate of drug-likeness (QED) is 0.783. The average Bonchev–Trinajstić information content (AvgIpc) is 2.62. The molecule has 0 saturated heterocycles. The minimum atomic E-state index is -3.66. The van der Waals surface area contributed by atoms with Gasteiger partial charge in [-0.2, -0.15) is 0 Å². The number of sulfonamides is 1. The van der Waals surface area contributed by atoms with Crippen molar-refractivity contribution in [3.05, 3.63) is 48.0 Å². The van der Waals surface area contributed by atoms with Gasteiger partial charge < -0.3 is 14.8 Å². The molecule has 27 heavy (non-hydrogen) atoms. The Morgan fingerprint density at radius 1 is 1.04 bits per heavy atom. The standard InChI is InChI=1S/C19H24N2O5S/c1-13-6-9-16(10-7-13)21(27(5,23)24)14(2)19(22)20-15-8-11-17(25-3)18(12-15)26-4/h6-12,14H,1-5H3,(H,20,22)/t14-/m0/s1. The number of amides is 1. The number of carbonyl (C=O) groups is 1. The SMILES string of the molecule is COc1ccc(NC(=O)[C@H](C)N(c2ccc(C)cc2)S(C)(=O)=O)cc1OC. The van der Waals surface area contributed by atoms with Crippen LogP contribution in [0.4, 0.5) is 11.4 Å². The Balaban J connectivity index is 2.29. The van der Waals surface area contributed by atoms with Gasteiger partial charge in [-0.05, 0) is 38.1 Å². The van der Waals surface area contributed by atoms with E-state index in [0.29, 0.717) is 22.9 Å². The first-order chi connectivity index (χ1) is 12.7. The lowest BCUT2D eigenvalue weighted by molar-refractivity contribution is -0.116. The molecule has 0 aliphatic rings. The van der Waals surface area contributed by atoms with E-state index in [2.05, 4.69) is 5.32 Å². The van der Waals surface area contributed by atoms with Crippen LogP contribution in [0.25, 0.3) is 0 Å². The maximum Gasteiger partial charge on any atom is 0.247 e. The zero-order valence-corrected chi connectivity index (χ0v) is 16.8. The Kier molecular flexibility index (Phi) is 6.32. The molecule has 0 unspecified atom stereocenters. The molecule has 0 spiro atoms. The predicted octanol–water partition coefficient (Wildman–Crippen LogP) is 2.81. The Morgan fingerprint density at radius 3 is 2.15 bits per heavy atom. The predicted molar refractivity (Wildman–Crippen MR) is 106 cm³/mol. The van der Waals surface area contributed by atoms with Gasteiger partial charge in [0.15, 0.2) is 11.5 Å². The molecule has 0 aromatic heterocycles. The van der Waals surface area contributed by atoms with E-state index >= 15 is 0 Å². The molecule has 1 N–H and O–H groups in total. The van der Waals surface area contributed by atoms with Gasteiger partial charge in [0.2, 0.25) is 15.9 Å². The molecule has 0 heterocycles. The van der Waals surface area contributed by atoms with Crippen LogP contribution in [0.5, 0.6) is 11.5 Å². The first-order valence-electron chi connectivity index (χ1n) is 8.26. The summed E-state index contributed by atoms with van der Waals surface area (Å²) in [6, 6.07) is 10.9. The highest BCUT2D eigenvalue weighted by Gasteiger charge is 2.29. The number of nitrogens with zero attached hydrogens (tertiary/aromatic N) is 1. The summed E-state index contributed by atoms with van der Waals surface area (Å²) in [5.41, 5.74) is 1.90. The second kappa shape index (κ2) is 8.30. The number of methoxy groups -OCH3 is 2. The van der Waals surface area contributed by atoms with E-state index in [4.69, 9.17) is 9.47 Å². The van der Waals surface area contributed by atoms with E-state index in [0.717, 1.165) is 16.1 Å². The molecule has 2 aromatic carbocycles. The van der Waals surface area contributed by atoms with E-state index in [1.54, 1.807) is 42.5 Å². The Hall–Kier alpha value is -2.74. The highest BCUT2D eigenvalue weighted by molar-refractivity contribution is 7.92. The molecule has 1 amide bonds. The Labute approximate surface area is 160 Å². The number of hydrogen-bond acceptors (Lipinski definition) is 5. The molecule has 0 saturated carbocycles. The lowest BCUT2D eigenvalue weighted by atomic mass is 10.2. The normalized spacial score (nSPS) is 12.2. The highest BCUT2D eigenvalue weighted by Crippen LogP contribution is 2.30. The molecular weight excluding hydrogens is 368 g/mol. The van der Waals surface area contributed by atoms with Crippen LogP contribution in [0.3, 0.4) is 0 Å². The molecule has 0 aliphatic heterocycles. The van der Waals surface area contributed by atoms with Crippen molar-refractivity contribution < 1.29 is 22.7 Å². The number of hydrogen-bond donors (Lipinski definition) is 1. The fraction of sp³-hybridized carbons (Fsp3) is 0.316. The molecule has 1 atom stereocenters. The number of carbonyl (C=O) groups excluding carboxylic acids is 1. The summed E-state index contributed by atoms with van der Waals surface area (Å²) in [6.07, 6.45) is 1.08. The maximum absolute atomic E-state index is 12.7. The lowest BCUT2D eigenvalue weighted by Gasteiger charge is -2.28. The monoisotopic (exact) mass is 392 g/mol. The first-order valence-corrected chi connectivity index (χ1v) is 10.1. The lowest BCUT2D eigenvalue weighted by Crippen LogP contribution is -2.45. The largest absolute Gasteiger partial charge is 0.493 e. The zero-order valence-electron chi connectivity index (χ0n) is 16.0. The third kappa shape index (κ3) is 4.91. The number of benzene rings is 2. The van der Waals surface area contributed by atoms with Crippen molar-refractivity contribution in [3.63, 3.8) is 0 Å². The minimum Gasteiger partial charge on any atom is -0.493 e. The van der Waals surface area contributed by atoms with Crippen molar-refractivity contribution in [1.82, 2.24) is 0 Å². The fourth-order valence-electron chi connectivity index (χ4n) is 2.66. The van der Waals surface area contributed by atoms with Gasteiger partial charge in [0.1, 0.15) is 6.04 Å². The molecule has 2 aromatic rings. The Morgan fingerprint density at radius 2 is 1.63 bits per heavy atom. The van der Waals surface area contributed by atoms with Crippen LogP contribution < -0.4 is 19.1 Å². The molecule has 146 valence electrons. The van der Waals surface area contributed by atoms with Crippen LogP contribution in [0.15, 0.2) is 42.5 Å². The van der Waals surface area contributed by atoms with E-state index in [-0.39, 0.29) is 0 Å². The zero-order chi connectivity index (χ0) is 20.2. The number of ether oxygens (including phenoxy) is 2. The molecular formula is C19H24N2O5S. The van der Waals surface area contributed by atoms with Gasteiger partial charge in [-0.1, -0.05) is 17.7 Å². The number of aryl methyl sites for hydroxylation is 1. The van der Waals surface area contributed by atoms with Gasteiger partial charge in [-0.3, -0.25) is 9.10 Å². The van der Waals surface area contributed by atoms with E-state index in [9.17, 15) is 13.2 Å². The van der Waals surface area contributed by atoms with Crippen molar-refractivity contribution in [2.75, 3.05) is 30.1 Å². The summed E-state index contributed by atoms with van der Waals surface area (Å²) in [6.45, 7) is 3.44. The van der Waals surface area contributed by atoms with Crippen molar-refractivity contribution in [2.45, 2.75) is 19.9 Å². The molecule has 7 nitrogen and oxygen atoms in total. The molecule has 8 heteroatoms. The van der Waals surface area contributed by atoms with E-state index in [1.807, 2.05) is 6.92 Å². The van der Waals surface area contributed by atoms with Gasteiger partial charge in [0, 0.05) is 11.8 Å². The van der Waals surface area contributed by atoms with Crippen LogP contribution >= 0.6 is 0 Å². The minimum absolute atomic E-state index is 0.429. The molecule has 0 fully saturated rings. The van der Waals surface area contributed by atoms with Crippen molar-refractivity contribution in [1.29, 1.82) is 0 Å². The fourth-order valence-corrected chi connectivity index (χ4v) is 3.84. The average molecular weight is 392 g/mol. The summed E-state index contributed by atoms with van der Waals surface area (Å²) in [5, 5.41) is 2.72. The molecule has 0 radical (unpaired) electrons. The van der Waals surface area contributed by atoms with Crippen molar-refractivity contribution in [2.24, 2.45) is 0 Å². The van der Waals surface area contributed by atoms with Crippen LogP contribution in [-0.4, -0.2) is 40.8 Å². The molecule has 2 rings (SSSR count).